The maximum Gasteiger partial charge on any atom is 0.254 e. The van der Waals surface area contributed by atoms with Crippen LogP contribution < -0.4 is 5.73 Å². The van der Waals surface area contributed by atoms with Crippen LogP contribution in [-0.2, 0) is 19.5 Å². The first-order chi connectivity index (χ1) is 9.78. The summed E-state index contributed by atoms with van der Waals surface area (Å²) in [5.41, 5.74) is 7.38. The molecule has 0 atom stereocenters. The Labute approximate surface area is 117 Å². The minimum atomic E-state index is 0.0403. The molecule has 2 heterocycles. The van der Waals surface area contributed by atoms with Crippen LogP contribution in [-0.4, -0.2) is 38.7 Å². The van der Waals surface area contributed by atoms with E-state index >= 15 is 0 Å². The third-order valence-corrected chi connectivity index (χ3v) is 3.56. The first-order valence-corrected chi connectivity index (χ1v) is 6.73. The third kappa shape index (κ3) is 2.42. The van der Waals surface area contributed by atoms with Crippen LogP contribution in [0.5, 0.6) is 0 Å². The molecule has 6 heteroatoms. The summed E-state index contributed by atoms with van der Waals surface area (Å²) in [7, 11) is 0. The van der Waals surface area contributed by atoms with Gasteiger partial charge in [-0.2, -0.15) is 0 Å². The maximum atomic E-state index is 12.4. The second-order valence-electron chi connectivity index (χ2n) is 4.90. The van der Waals surface area contributed by atoms with E-state index in [0.717, 1.165) is 24.4 Å². The van der Waals surface area contributed by atoms with Crippen LogP contribution in [0.3, 0.4) is 0 Å². The zero-order valence-corrected chi connectivity index (χ0v) is 11.2. The number of benzene rings is 1. The highest BCUT2D eigenvalue weighted by molar-refractivity contribution is 5.94. The Bertz CT molecular complexity index is 604. The highest BCUT2D eigenvalue weighted by Crippen LogP contribution is 2.14. The molecule has 1 aromatic heterocycles. The van der Waals surface area contributed by atoms with Crippen molar-refractivity contribution in [2.45, 2.75) is 19.5 Å². The van der Waals surface area contributed by atoms with Gasteiger partial charge in [-0.05, 0) is 30.7 Å². The Kier molecular flexibility index (Phi) is 3.47. The average molecular weight is 271 g/mol. The molecular formula is C14H17N5O. The summed E-state index contributed by atoms with van der Waals surface area (Å²) < 4.78 is 1.98. The Balaban J connectivity index is 1.73. The van der Waals surface area contributed by atoms with E-state index in [2.05, 4.69) is 10.2 Å². The third-order valence-electron chi connectivity index (χ3n) is 3.56. The minimum absolute atomic E-state index is 0.0403. The van der Waals surface area contributed by atoms with Gasteiger partial charge in [0.05, 0.1) is 6.54 Å². The van der Waals surface area contributed by atoms with E-state index in [1.807, 2.05) is 33.7 Å². The van der Waals surface area contributed by atoms with Gasteiger partial charge in [-0.15, -0.1) is 10.2 Å². The fourth-order valence-electron chi connectivity index (χ4n) is 2.40. The van der Waals surface area contributed by atoms with Crippen LogP contribution in [0.4, 0.5) is 0 Å². The van der Waals surface area contributed by atoms with Crippen LogP contribution in [0.25, 0.3) is 0 Å². The van der Waals surface area contributed by atoms with Crippen LogP contribution in [0.15, 0.2) is 30.6 Å². The predicted octanol–water partition coefficient (Wildman–Crippen LogP) is 0.435. The van der Waals surface area contributed by atoms with Crippen LogP contribution >= 0.6 is 0 Å². The lowest BCUT2D eigenvalue weighted by Crippen LogP contribution is -2.38. The van der Waals surface area contributed by atoms with Crippen molar-refractivity contribution in [1.82, 2.24) is 19.7 Å². The van der Waals surface area contributed by atoms with Crippen molar-refractivity contribution in [3.8, 4) is 0 Å². The van der Waals surface area contributed by atoms with Gasteiger partial charge in [-0.25, -0.2) is 0 Å². The molecule has 104 valence electrons. The van der Waals surface area contributed by atoms with Gasteiger partial charge in [-0.3, -0.25) is 4.79 Å². The summed E-state index contributed by atoms with van der Waals surface area (Å²) in [5.74, 6) is 0.878. The van der Waals surface area contributed by atoms with Gasteiger partial charge in [0.2, 0.25) is 0 Å². The van der Waals surface area contributed by atoms with E-state index in [4.69, 9.17) is 5.73 Å². The minimum Gasteiger partial charge on any atom is -0.330 e. The SMILES string of the molecule is NCCc1ccc(C(=O)N2CCn3cnnc3C2)cc1. The molecule has 6 nitrogen and oxygen atoms in total. The summed E-state index contributed by atoms with van der Waals surface area (Å²) in [6, 6.07) is 7.67. The van der Waals surface area contributed by atoms with E-state index in [9.17, 15) is 4.79 Å². The lowest BCUT2D eigenvalue weighted by molar-refractivity contribution is 0.0707. The predicted molar refractivity (Wildman–Crippen MR) is 74.0 cm³/mol. The molecule has 0 radical (unpaired) electrons. The number of hydrogen-bond donors (Lipinski definition) is 1. The summed E-state index contributed by atoms with van der Waals surface area (Å²) in [4.78, 5) is 14.3. The van der Waals surface area contributed by atoms with Crippen molar-refractivity contribution in [2.75, 3.05) is 13.1 Å². The standard InChI is InChI=1S/C14H17N5O/c15-6-5-11-1-3-12(4-2-11)14(20)18-7-8-19-10-16-17-13(19)9-18/h1-4,10H,5-9,15H2. The molecule has 1 aromatic carbocycles. The van der Waals surface area contributed by atoms with Gasteiger partial charge in [0, 0.05) is 18.7 Å². The Morgan fingerprint density at radius 2 is 2.05 bits per heavy atom. The van der Waals surface area contributed by atoms with Gasteiger partial charge in [0.1, 0.15) is 6.33 Å². The van der Waals surface area contributed by atoms with E-state index in [1.54, 1.807) is 6.33 Å². The monoisotopic (exact) mass is 271 g/mol. The van der Waals surface area contributed by atoms with Gasteiger partial charge in [-0.1, -0.05) is 12.1 Å². The zero-order chi connectivity index (χ0) is 13.9. The van der Waals surface area contributed by atoms with E-state index in [0.29, 0.717) is 25.2 Å². The second kappa shape index (κ2) is 5.42. The molecule has 0 saturated heterocycles. The zero-order valence-electron chi connectivity index (χ0n) is 11.2. The molecule has 0 unspecified atom stereocenters. The first-order valence-electron chi connectivity index (χ1n) is 6.73. The molecule has 0 saturated carbocycles. The van der Waals surface area contributed by atoms with Gasteiger partial charge < -0.3 is 15.2 Å². The number of rotatable bonds is 3. The number of nitrogens with two attached hydrogens (primary N) is 1. The maximum absolute atomic E-state index is 12.4. The Morgan fingerprint density at radius 1 is 1.25 bits per heavy atom. The van der Waals surface area contributed by atoms with Crippen LogP contribution in [0.2, 0.25) is 0 Å². The molecule has 2 aromatic rings. The number of hydrogen-bond acceptors (Lipinski definition) is 4. The van der Waals surface area contributed by atoms with Crippen LogP contribution in [0, 0.1) is 0 Å². The van der Waals surface area contributed by atoms with Crippen molar-refractivity contribution in [3.63, 3.8) is 0 Å². The van der Waals surface area contributed by atoms with Crippen molar-refractivity contribution < 1.29 is 4.79 Å². The Hall–Kier alpha value is -2.21. The quantitative estimate of drug-likeness (QED) is 0.878. The molecule has 0 bridgehead atoms. The number of carbonyl (C=O) groups is 1. The lowest BCUT2D eigenvalue weighted by Gasteiger charge is -2.27. The molecular weight excluding hydrogens is 254 g/mol. The number of carbonyl (C=O) groups excluding carboxylic acids is 1. The topological polar surface area (TPSA) is 77.0 Å². The van der Waals surface area contributed by atoms with Crippen molar-refractivity contribution in [1.29, 1.82) is 0 Å². The summed E-state index contributed by atoms with van der Waals surface area (Å²) >= 11 is 0. The van der Waals surface area contributed by atoms with Crippen molar-refractivity contribution in [3.05, 3.63) is 47.5 Å². The van der Waals surface area contributed by atoms with E-state index in [-0.39, 0.29) is 5.91 Å². The number of nitrogens with zero attached hydrogens (tertiary/aromatic N) is 4. The van der Waals surface area contributed by atoms with Gasteiger partial charge in [0.15, 0.2) is 5.82 Å². The van der Waals surface area contributed by atoms with E-state index in [1.165, 1.54) is 0 Å². The second-order valence-corrected chi connectivity index (χ2v) is 4.90. The van der Waals surface area contributed by atoms with Crippen molar-refractivity contribution in [2.24, 2.45) is 5.73 Å². The molecule has 1 amide bonds. The Morgan fingerprint density at radius 3 is 2.80 bits per heavy atom. The fourth-order valence-corrected chi connectivity index (χ4v) is 2.40. The highest BCUT2D eigenvalue weighted by atomic mass is 16.2. The molecule has 1 aliphatic heterocycles. The first kappa shape index (κ1) is 12.8. The average Bonchev–Trinajstić information content (AvgIpc) is 2.95. The fraction of sp³-hybridized carbons (Fsp3) is 0.357. The largest absolute Gasteiger partial charge is 0.330 e. The normalized spacial score (nSPS) is 14.2. The summed E-state index contributed by atoms with van der Waals surface area (Å²) in [6.45, 7) is 2.58. The van der Waals surface area contributed by atoms with Crippen LogP contribution in [0.1, 0.15) is 21.7 Å². The van der Waals surface area contributed by atoms with Crippen molar-refractivity contribution >= 4 is 5.91 Å². The molecule has 2 N–H and O–H groups in total. The molecule has 0 spiro atoms. The summed E-state index contributed by atoms with van der Waals surface area (Å²) in [5, 5.41) is 7.89. The molecule has 0 aliphatic carbocycles. The number of fused-ring (bicyclic) bond motifs is 1. The number of amides is 1. The molecule has 3 rings (SSSR count). The summed E-state index contributed by atoms with van der Waals surface area (Å²) in [6.07, 6.45) is 2.54. The molecule has 20 heavy (non-hydrogen) atoms. The van der Waals surface area contributed by atoms with Gasteiger partial charge >= 0.3 is 0 Å². The van der Waals surface area contributed by atoms with Gasteiger partial charge in [0.25, 0.3) is 5.91 Å². The smallest absolute Gasteiger partial charge is 0.254 e. The molecule has 1 aliphatic rings. The lowest BCUT2D eigenvalue weighted by atomic mass is 10.1. The van der Waals surface area contributed by atoms with E-state index < -0.39 is 0 Å². The number of aromatic nitrogens is 3. The molecule has 0 fully saturated rings. The highest BCUT2D eigenvalue weighted by Gasteiger charge is 2.22.